The lowest BCUT2D eigenvalue weighted by Crippen LogP contribution is -2.29. The Labute approximate surface area is 271 Å². The number of Topliss-reactive ketones (excluding diaryl/α,β-unsaturated/α-hetero) is 1. The van der Waals surface area contributed by atoms with Gasteiger partial charge in [0.05, 0.1) is 23.9 Å². The number of thioether (sulfide) groups is 1. The van der Waals surface area contributed by atoms with Crippen molar-refractivity contribution in [3.05, 3.63) is 105 Å². The number of anilines is 1. The molecule has 1 aliphatic rings. The number of aliphatic hydroxyl groups excluding tert-OH is 1. The summed E-state index contributed by atoms with van der Waals surface area (Å²) >= 11 is 14.9. The number of carbonyl (C=O) groups excluding carboxylic acids is 2. The van der Waals surface area contributed by atoms with Crippen molar-refractivity contribution in [2.24, 2.45) is 0 Å². The number of hydrogen-bond donors (Lipinski definition) is 1. The van der Waals surface area contributed by atoms with Gasteiger partial charge in [-0.2, -0.15) is 0 Å². The molecule has 0 spiro atoms. The van der Waals surface area contributed by atoms with E-state index in [9.17, 15) is 14.7 Å². The number of imidazole rings is 1. The first kappa shape index (κ1) is 30.1. The highest BCUT2D eigenvalue weighted by Gasteiger charge is 2.49. The molecule has 1 fully saturated rings. The van der Waals surface area contributed by atoms with Gasteiger partial charge in [0.2, 0.25) is 5.13 Å². The maximum Gasteiger partial charge on any atom is 0.301 e. The van der Waals surface area contributed by atoms with Crippen molar-refractivity contribution < 1.29 is 19.4 Å². The molecule has 0 radical (unpaired) electrons. The van der Waals surface area contributed by atoms with Gasteiger partial charge >= 0.3 is 5.91 Å². The van der Waals surface area contributed by atoms with Crippen LogP contribution < -0.4 is 9.64 Å². The Hall–Kier alpha value is -3.90. The smallest absolute Gasteiger partial charge is 0.301 e. The van der Waals surface area contributed by atoms with E-state index >= 15 is 0 Å². The predicted octanol–water partition coefficient (Wildman–Crippen LogP) is 7.51. The van der Waals surface area contributed by atoms with Crippen LogP contribution in [0.3, 0.4) is 0 Å². The lowest BCUT2D eigenvalue weighted by atomic mass is 9.96. The van der Waals surface area contributed by atoms with Gasteiger partial charge < -0.3 is 9.84 Å². The van der Waals surface area contributed by atoms with Crippen LogP contribution in [-0.4, -0.2) is 43.0 Å². The zero-order chi connectivity index (χ0) is 31.0. The van der Waals surface area contributed by atoms with Crippen LogP contribution in [0.5, 0.6) is 5.75 Å². The summed E-state index contributed by atoms with van der Waals surface area (Å²) in [4.78, 5) is 33.2. The van der Waals surface area contributed by atoms with Crippen LogP contribution in [0, 0.1) is 6.92 Å². The summed E-state index contributed by atoms with van der Waals surface area (Å²) in [6.07, 6.45) is 2.60. The molecule has 2 aromatic carbocycles. The zero-order valence-electron chi connectivity index (χ0n) is 23.5. The summed E-state index contributed by atoms with van der Waals surface area (Å²) in [5.41, 5.74) is 2.84. The predicted molar refractivity (Wildman–Crippen MR) is 173 cm³/mol. The number of pyridine rings is 1. The number of carbonyl (C=O) groups is 2. The van der Waals surface area contributed by atoms with Gasteiger partial charge in [-0.3, -0.25) is 18.9 Å². The first-order chi connectivity index (χ1) is 21.3. The van der Waals surface area contributed by atoms with Crippen LogP contribution >= 0.6 is 46.3 Å². The van der Waals surface area contributed by atoms with Crippen molar-refractivity contribution in [2.75, 3.05) is 11.5 Å². The minimum absolute atomic E-state index is 0.0664. The third kappa shape index (κ3) is 5.68. The monoisotopic (exact) mass is 665 g/mol. The molecule has 1 atom stereocenters. The molecule has 5 aromatic rings. The molecule has 1 amide bonds. The molecule has 6 rings (SSSR count). The summed E-state index contributed by atoms with van der Waals surface area (Å²) < 4.78 is 8.01. The lowest BCUT2D eigenvalue weighted by molar-refractivity contribution is -0.132. The molecule has 3 aromatic heterocycles. The molecular weight excluding hydrogens is 641 g/mol. The second-order valence-corrected chi connectivity index (χ2v) is 13.0. The van der Waals surface area contributed by atoms with E-state index in [1.54, 1.807) is 66.1 Å². The fourth-order valence-electron chi connectivity index (χ4n) is 4.97. The highest BCUT2D eigenvalue weighted by molar-refractivity contribution is 8.00. The van der Waals surface area contributed by atoms with Crippen molar-refractivity contribution in [2.45, 2.75) is 36.4 Å². The molecule has 13 heteroatoms. The topological polar surface area (TPSA) is 110 Å². The van der Waals surface area contributed by atoms with Crippen LogP contribution in [0.2, 0.25) is 10.0 Å². The number of ketones is 1. The molecule has 0 aliphatic carbocycles. The molecule has 0 saturated carbocycles. The average Bonchev–Trinajstić information content (AvgIpc) is 3.69. The average molecular weight is 667 g/mol. The Morgan fingerprint density at radius 1 is 1.09 bits per heavy atom. The Morgan fingerprint density at radius 2 is 1.89 bits per heavy atom. The minimum atomic E-state index is -0.972. The Balaban J connectivity index is 1.41. The SMILES string of the molecule is CCCOc1ccc(C2C(=C(O)c3c(C)nc4ccccn34)C(=O)C(=O)N2c2nnc(SCc3ccc(Cl)cc3Cl)s2)cc1. The highest BCUT2D eigenvalue weighted by atomic mass is 35.5. The van der Waals surface area contributed by atoms with Crippen LogP contribution in [0.4, 0.5) is 5.13 Å². The third-order valence-electron chi connectivity index (χ3n) is 7.01. The number of aromatic nitrogens is 4. The van der Waals surface area contributed by atoms with Gasteiger partial charge in [-0.25, -0.2) is 4.98 Å². The molecular formula is C31H25Cl2N5O4S2. The van der Waals surface area contributed by atoms with Gasteiger partial charge in [-0.15, -0.1) is 10.2 Å². The number of hydrogen-bond acceptors (Lipinski definition) is 9. The molecule has 1 aliphatic heterocycles. The van der Waals surface area contributed by atoms with E-state index in [0.29, 0.717) is 55.1 Å². The molecule has 1 saturated heterocycles. The Morgan fingerprint density at radius 3 is 2.64 bits per heavy atom. The third-order valence-corrected chi connectivity index (χ3v) is 9.70. The van der Waals surface area contributed by atoms with E-state index < -0.39 is 17.7 Å². The maximum absolute atomic E-state index is 13.7. The number of rotatable bonds is 9. The molecule has 1 N–H and O–H groups in total. The fourth-order valence-corrected chi connectivity index (χ4v) is 7.40. The van der Waals surface area contributed by atoms with Crippen molar-refractivity contribution >= 4 is 74.5 Å². The van der Waals surface area contributed by atoms with Gasteiger partial charge in [0.1, 0.15) is 17.1 Å². The van der Waals surface area contributed by atoms with Gasteiger partial charge in [0.15, 0.2) is 10.1 Å². The van der Waals surface area contributed by atoms with Crippen molar-refractivity contribution in [1.29, 1.82) is 0 Å². The van der Waals surface area contributed by atoms with Gasteiger partial charge in [0.25, 0.3) is 5.78 Å². The van der Waals surface area contributed by atoms with Crippen molar-refractivity contribution in [3.63, 3.8) is 0 Å². The van der Waals surface area contributed by atoms with E-state index in [0.717, 1.165) is 12.0 Å². The molecule has 44 heavy (non-hydrogen) atoms. The second-order valence-electron chi connectivity index (χ2n) is 9.94. The van der Waals surface area contributed by atoms with Crippen LogP contribution in [0.25, 0.3) is 11.4 Å². The first-order valence-electron chi connectivity index (χ1n) is 13.6. The number of aryl methyl sites for hydroxylation is 1. The Kier molecular flexibility index (Phi) is 8.64. The molecule has 1 unspecified atom stereocenters. The van der Waals surface area contributed by atoms with Crippen molar-refractivity contribution in [1.82, 2.24) is 19.6 Å². The second kappa shape index (κ2) is 12.6. The first-order valence-corrected chi connectivity index (χ1v) is 16.2. The maximum atomic E-state index is 13.7. The number of halogens is 2. The molecule has 4 heterocycles. The summed E-state index contributed by atoms with van der Waals surface area (Å²) in [7, 11) is 0. The van der Waals surface area contributed by atoms with Crippen LogP contribution in [-0.2, 0) is 15.3 Å². The van der Waals surface area contributed by atoms with E-state index in [2.05, 4.69) is 15.2 Å². The van der Waals surface area contributed by atoms with E-state index in [-0.39, 0.29) is 16.5 Å². The zero-order valence-corrected chi connectivity index (χ0v) is 26.7. The largest absolute Gasteiger partial charge is 0.505 e. The number of fused-ring (bicyclic) bond motifs is 1. The highest BCUT2D eigenvalue weighted by Crippen LogP contribution is 2.45. The summed E-state index contributed by atoms with van der Waals surface area (Å²) in [5, 5.41) is 21.6. The number of benzene rings is 2. The number of ether oxygens (including phenoxy) is 1. The Bertz CT molecular complexity index is 1920. The molecule has 0 bridgehead atoms. The van der Waals surface area contributed by atoms with Crippen LogP contribution in [0.1, 0.15) is 41.9 Å². The van der Waals surface area contributed by atoms with Gasteiger partial charge in [0, 0.05) is 22.0 Å². The van der Waals surface area contributed by atoms with Crippen molar-refractivity contribution in [3.8, 4) is 5.75 Å². The van der Waals surface area contributed by atoms with E-state index in [1.807, 2.05) is 19.1 Å². The number of nitrogens with zero attached hydrogens (tertiary/aromatic N) is 5. The molecule has 224 valence electrons. The number of amides is 1. The number of aliphatic hydroxyl groups is 1. The summed E-state index contributed by atoms with van der Waals surface area (Å²) in [6.45, 7) is 4.31. The van der Waals surface area contributed by atoms with Crippen LogP contribution in [0.15, 0.2) is 76.8 Å². The summed E-state index contributed by atoms with van der Waals surface area (Å²) in [5.74, 6) is -0.820. The molecule has 9 nitrogen and oxygen atoms in total. The summed E-state index contributed by atoms with van der Waals surface area (Å²) in [6, 6.07) is 16.9. The normalized spacial score (nSPS) is 16.3. The standard InChI is InChI=1S/C31H25Cl2N5O4S2/c1-3-14-42-21-11-8-18(9-12-21)26-24(27(39)25-17(2)34-23-6-4-5-13-37(23)25)28(40)29(41)38(26)30-35-36-31(44-30)43-16-19-7-10-20(32)15-22(19)33/h4-13,15,26,39H,3,14,16H2,1-2H3. The quantitative estimate of drug-likeness (QED) is 0.0566. The van der Waals surface area contributed by atoms with E-state index in [4.69, 9.17) is 27.9 Å². The van der Waals surface area contributed by atoms with E-state index in [1.165, 1.54) is 28.0 Å². The van der Waals surface area contributed by atoms with Gasteiger partial charge in [-0.05, 0) is 60.9 Å². The van der Waals surface area contributed by atoms with Gasteiger partial charge in [-0.1, -0.05) is 77.5 Å². The lowest BCUT2D eigenvalue weighted by Gasteiger charge is -2.22. The fraction of sp³-hybridized carbons (Fsp3) is 0.194. The minimum Gasteiger partial charge on any atom is -0.505 e.